The van der Waals surface area contributed by atoms with Crippen LogP contribution in [0.5, 0.6) is 0 Å². The van der Waals surface area contributed by atoms with Crippen LogP contribution >= 0.6 is 0 Å². The summed E-state index contributed by atoms with van der Waals surface area (Å²) in [7, 11) is 1.81. The van der Waals surface area contributed by atoms with E-state index in [2.05, 4.69) is 10.4 Å². The van der Waals surface area contributed by atoms with Crippen LogP contribution in [-0.4, -0.2) is 28.2 Å². The molecule has 0 radical (unpaired) electrons. The fourth-order valence-corrected chi connectivity index (χ4v) is 2.25. The van der Waals surface area contributed by atoms with Crippen molar-refractivity contribution in [1.29, 1.82) is 0 Å². The Hall–Kier alpha value is -1.16. The van der Waals surface area contributed by atoms with Gasteiger partial charge >= 0.3 is 0 Å². The molecule has 2 rings (SSSR count). The van der Waals surface area contributed by atoms with Crippen LogP contribution in [-0.2, 0) is 7.05 Å². The quantitative estimate of drug-likeness (QED) is 0.784. The van der Waals surface area contributed by atoms with Crippen LogP contribution in [0.2, 0.25) is 0 Å². The SMILES string of the molecule is Cn1nccc1C(=O)CCC1CCCCN1. The molecule has 1 fully saturated rings. The molecule has 1 atom stereocenters. The lowest BCUT2D eigenvalue weighted by atomic mass is 9.99. The third-order valence-corrected chi connectivity index (χ3v) is 3.24. The van der Waals surface area contributed by atoms with Gasteiger partial charge in [-0.2, -0.15) is 5.10 Å². The lowest BCUT2D eigenvalue weighted by molar-refractivity contribution is 0.0965. The Kier molecular flexibility index (Phi) is 3.72. The summed E-state index contributed by atoms with van der Waals surface area (Å²) in [5.74, 6) is 0.201. The third kappa shape index (κ3) is 2.70. The summed E-state index contributed by atoms with van der Waals surface area (Å²) >= 11 is 0. The van der Waals surface area contributed by atoms with Crippen LogP contribution in [0.15, 0.2) is 12.3 Å². The molecule has 4 nitrogen and oxygen atoms in total. The number of nitrogens with one attached hydrogen (secondary N) is 1. The average molecular weight is 221 g/mol. The van der Waals surface area contributed by atoms with Crippen molar-refractivity contribution in [3.05, 3.63) is 18.0 Å². The van der Waals surface area contributed by atoms with E-state index in [4.69, 9.17) is 0 Å². The number of hydrogen-bond donors (Lipinski definition) is 1. The number of nitrogens with zero attached hydrogens (tertiary/aromatic N) is 2. The topological polar surface area (TPSA) is 46.9 Å². The molecule has 0 amide bonds. The number of Topliss-reactive ketones (excluding diaryl/α,β-unsaturated/α-hetero) is 1. The second kappa shape index (κ2) is 5.25. The van der Waals surface area contributed by atoms with E-state index in [0.717, 1.165) is 18.7 Å². The van der Waals surface area contributed by atoms with Gasteiger partial charge in [0, 0.05) is 25.7 Å². The van der Waals surface area contributed by atoms with Gasteiger partial charge in [0.15, 0.2) is 5.78 Å². The summed E-state index contributed by atoms with van der Waals surface area (Å²) in [5, 5.41) is 7.47. The zero-order valence-electron chi connectivity index (χ0n) is 9.78. The van der Waals surface area contributed by atoms with E-state index < -0.39 is 0 Å². The molecule has 4 heteroatoms. The Labute approximate surface area is 96.0 Å². The number of piperidine rings is 1. The smallest absolute Gasteiger partial charge is 0.180 e. The number of carbonyl (C=O) groups is 1. The van der Waals surface area contributed by atoms with Crippen molar-refractivity contribution in [2.24, 2.45) is 7.05 Å². The fourth-order valence-electron chi connectivity index (χ4n) is 2.25. The number of ketones is 1. The number of rotatable bonds is 4. The molecule has 2 heterocycles. The van der Waals surface area contributed by atoms with Crippen molar-refractivity contribution >= 4 is 5.78 Å². The summed E-state index contributed by atoms with van der Waals surface area (Å²) in [5.41, 5.74) is 0.718. The van der Waals surface area contributed by atoms with E-state index in [1.807, 2.05) is 7.05 Å². The molecule has 0 spiro atoms. The third-order valence-electron chi connectivity index (χ3n) is 3.24. The summed E-state index contributed by atoms with van der Waals surface area (Å²) in [6, 6.07) is 2.32. The van der Waals surface area contributed by atoms with E-state index in [0.29, 0.717) is 12.5 Å². The van der Waals surface area contributed by atoms with Crippen LogP contribution in [0, 0.1) is 0 Å². The van der Waals surface area contributed by atoms with Crippen molar-refractivity contribution in [3.63, 3.8) is 0 Å². The summed E-state index contributed by atoms with van der Waals surface area (Å²) in [4.78, 5) is 11.9. The van der Waals surface area contributed by atoms with Gasteiger partial charge in [0.1, 0.15) is 5.69 Å². The Morgan fingerprint density at radius 3 is 3.12 bits per heavy atom. The molecule has 1 saturated heterocycles. The molecular weight excluding hydrogens is 202 g/mol. The second-order valence-electron chi connectivity index (χ2n) is 4.45. The molecule has 16 heavy (non-hydrogen) atoms. The Morgan fingerprint density at radius 2 is 2.50 bits per heavy atom. The zero-order valence-corrected chi connectivity index (χ0v) is 9.78. The van der Waals surface area contributed by atoms with Crippen LogP contribution in [0.3, 0.4) is 0 Å². The predicted molar refractivity (Wildman–Crippen MR) is 62.4 cm³/mol. The Morgan fingerprint density at radius 1 is 1.62 bits per heavy atom. The van der Waals surface area contributed by atoms with E-state index >= 15 is 0 Å². The lowest BCUT2D eigenvalue weighted by Gasteiger charge is -2.22. The zero-order chi connectivity index (χ0) is 11.4. The van der Waals surface area contributed by atoms with E-state index in [-0.39, 0.29) is 5.78 Å². The average Bonchev–Trinajstić information content (AvgIpc) is 2.74. The summed E-state index contributed by atoms with van der Waals surface area (Å²) in [6.07, 6.45) is 7.01. The molecule has 88 valence electrons. The van der Waals surface area contributed by atoms with Gasteiger partial charge in [0.25, 0.3) is 0 Å². The Bertz CT molecular complexity index is 353. The number of carbonyl (C=O) groups excluding carboxylic acids is 1. The number of hydrogen-bond acceptors (Lipinski definition) is 3. The van der Waals surface area contributed by atoms with Gasteiger partial charge in [-0.3, -0.25) is 9.48 Å². The van der Waals surface area contributed by atoms with Crippen LogP contribution in [0.4, 0.5) is 0 Å². The number of aromatic nitrogens is 2. The van der Waals surface area contributed by atoms with E-state index in [9.17, 15) is 4.79 Å². The monoisotopic (exact) mass is 221 g/mol. The predicted octanol–water partition coefficient (Wildman–Crippen LogP) is 1.53. The van der Waals surface area contributed by atoms with Crippen LogP contribution < -0.4 is 5.32 Å². The van der Waals surface area contributed by atoms with Crippen LogP contribution in [0.1, 0.15) is 42.6 Å². The molecule has 0 aliphatic carbocycles. The normalized spacial score (nSPS) is 20.9. The summed E-state index contributed by atoms with van der Waals surface area (Å²) in [6.45, 7) is 1.10. The first-order valence-electron chi connectivity index (χ1n) is 6.02. The van der Waals surface area contributed by atoms with Crippen molar-refractivity contribution in [3.8, 4) is 0 Å². The highest BCUT2D eigenvalue weighted by atomic mass is 16.1. The van der Waals surface area contributed by atoms with Gasteiger partial charge in [-0.25, -0.2) is 0 Å². The van der Waals surface area contributed by atoms with Gasteiger partial charge in [-0.1, -0.05) is 6.42 Å². The molecule has 1 aromatic heterocycles. The van der Waals surface area contributed by atoms with Gasteiger partial charge in [-0.15, -0.1) is 0 Å². The highest BCUT2D eigenvalue weighted by Gasteiger charge is 2.16. The fraction of sp³-hybridized carbons (Fsp3) is 0.667. The van der Waals surface area contributed by atoms with Crippen molar-refractivity contribution < 1.29 is 4.79 Å². The van der Waals surface area contributed by atoms with Crippen molar-refractivity contribution in [2.45, 2.75) is 38.1 Å². The first kappa shape index (κ1) is 11.3. The maximum absolute atomic E-state index is 11.9. The minimum Gasteiger partial charge on any atom is -0.314 e. The van der Waals surface area contributed by atoms with Gasteiger partial charge in [-0.05, 0) is 31.9 Å². The molecule has 1 unspecified atom stereocenters. The lowest BCUT2D eigenvalue weighted by Crippen LogP contribution is -2.34. The maximum Gasteiger partial charge on any atom is 0.180 e. The second-order valence-corrected chi connectivity index (χ2v) is 4.45. The molecule has 1 N–H and O–H groups in total. The minimum atomic E-state index is 0.201. The first-order valence-corrected chi connectivity index (χ1v) is 6.02. The molecule has 1 aliphatic heterocycles. The van der Waals surface area contributed by atoms with E-state index in [1.54, 1.807) is 16.9 Å². The minimum absolute atomic E-state index is 0.201. The summed E-state index contributed by atoms with van der Waals surface area (Å²) < 4.78 is 1.65. The van der Waals surface area contributed by atoms with Gasteiger partial charge in [0.05, 0.1) is 0 Å². The van der Waals surface area contributed by atoms with Crippen LogP contribution in [0.25, 0.3) is 0 Å². The molecule has 0 saturated carbocycles. The van der Waals surface area contributed by atoms with Gasteiger partial charge in [0.2, 0.25) is 0 Å². The molecule has 0 aromatic carbocycles. The standard InChI is InChI=1S/C12H19N3O/c1-15-11(7-9-14-15)12(16)6-5-10-4-2-3-8-13-10/h7,9-10,13H,2-6,8H2,1H3. The highest BCUT2D eigenvalue weighted by molar-refractivity contribution is 5.94. The molecule has 0 bridgehead atoms. The highest BCUT2D eigenvalue weighted by Crippen LogP contribution is 2.13. The maximum atomic E-state index is 11.9. The Balaban J connectivity index is 1.81. The van der Waals surface area contributed by atoms with Crippen molar-refractivity contribution in [2.75, 3.05) is 6.54 Å². The molecule has 1 aliphatic rings. The van der Waals surface area contributed by atoms with Crippen molar-refractivity contribution in [1.82, 2.24) is 15.1 Å². The first-order chi connectivity index (χ1) is 7.77. The van der Waals surface area contributed by atoms with E-state index in [1.165, 1.54) is 19.3 Å². The molecule has 1 aromatic rings. The van der Waals surface area contributed by atoms with Gasteiger partial charge < -0.3 is 5.32 Å². The largest absolute Gasteiger partial charge is 0.314 e. The molecular formula is C12H19N3O. The number of aryl methyl sites for hydroxylation is 1.